The second-order valence-corrected chi connectivity index (χ2v) is 13.1. The third kappa shape index (κ3) is 10.5. The van der Waals surface area contributed by atoms with Crippen molar-refractivity contribution in [3.05, 3.63) is 89.2 Å². The smallest absolute Gasteiger partial charge is 0.315 e. The van der Waals surface area contributed by atoms with E-state index in [1.54, 1.807) is 24.8 Å². The number of nitrogens with one attached hydrogen (secondary N) is 4. The fourth-order valence-electron chi connectivity index (χ4n) is 5.11. The Labute approximate surface area is 277 Å². The van der Waals surface area contributed by atoms with Gasteiger partial charge in [-0.05, 0) is 53.8 Å². The molecule has 252 valence electrons. The molecule has 0 aromatic heterocycles. The molecule has 0 spiro atoms. The molecule has 47 heavy (non-hydrogen) atoms. The molecule has 1 aliphatic rings. The van der Waals surface area contributed by atoms with Gasteiger partial charge in [-0.25, -0.2) is 9.18 Å². The number of thioether (sulfide) groups is 1. The predicted molar refractivity (Wildman–Crippen MR) is 177 cm³/mol. The van der Waals surface area contributed by atoms with Crippen LogP contribution >= 0.6 is 11.8 Å². The minimum Gasteiger partial charge on any atom is -0.395 e. The highest BCUT2D eigenvalue weighted by Crippen LogP contribution is 2.33. The summed E-state index contributed by atoms with van der Waals surface area (Å²) in [7, 11) is 0. The standard InChI is InChI=1S/C34H42FN5O6S/c1-34(2,38-18-27(43)21-42)16-30(44)39-31-32(45)40(20-25-11-12-26(35)15-29(25)47-31)19-22-7-9-23(10-8-22)28-6-4-3-5-24(28)17-37-33(46)36-13-14-41/h3-12,15,27,31,38,41-43H,13-14,16-21H2,1-2H3,(H,39,44)(H2,36,37,46)/t27-,31+/m0/s1. The van der Waals surface area contributed by atoms with Crippen LogP contribution in [0.4, 0.5) is 9.18 Å². The number of benzene rings is 3. The third-order valence-electron chi connectivity index (χ3n) is 7.59. The zero-order valence-electron chi connectivity index (χ0n) is 26.5. The molecule has 4 rings (SSSR count). The Hall–Kier alpha value is -4.01. The molecule has 0 unspecified atom stereocenters. The van der Waals surface area contributed by atoms with Crippen LogP contribution < -0.4 is 21.3 Å². The summed E-state index contributed by atoms with van der Waals surface area (Å²) in [5.41, 5.74) is 3.66. The van der Waals surface area contributed by atoms with E-state index in [0.29, 0.717) is 11.4 Å². The van der Waals surface area contributed by atoms with Crippen LogP contribution in [0, 0.1) is 5.82 Å². The number of aliphatic hydroxyl groups is 3. The summed E-state index contributed by atoms with van der Waals surface area (Å²) < 4.78 is 14.2. The maximum Gasteiger partial charge on any atom is 0.315 e. The molecule has 3 aromatic carbocycles. The van der Waals surface area contributed by atoms with Crippen molar-refractivity contribution in [1.29, 1.82) is 0 Å². The Morgan fingerprint density at radius 2 is 1.81 bits per heavy atom. The number of hydrogen-bond donors (Lipinski definition) is 7. The lowest BCUT2D eigenvalue weighted by atomic mass is 9.98. The van der Waals surface area contributed by atoms with Crippen LogP contribution in [0.5, 0.6) is 0 Å². The molecule has 1 heterocycles. The molecule has 2 atom stereocenters. The molecule has 0 bridgehead atoms. The largest absolute Gasteiger partial charge is 0.395 e. The van der Waals surface area contributed by atoms with E-state index in [1.807, 2.05) is 48.5 Å². The topological polar surface area (TPSA) is 163 Å². The highest BCUT2D eigenvalue weighted by atomic mass is 32.2. The van der Waals surface area contributed by atoms with Gasteiger partial charge in [0, 0.05) is 49.6 Å². The fraction of sp³-hybridized carbons (Fsp3) is 0.382. The molecule has 7 N–H and O–H groups in total. The summed E-state index contributed by atoms with van der Waals surface area (Å²) in [6.45, 7) is 4.04. The number of hydrogen-bond acceptors (Lipinski definition) is 8. The quantitative estimate of drug-likeness (QED) is 0.138. The molecule has 0 aliphatic carbocycles. The summed E-state index contributed by atoms with van der Waals surface area (Å²) in [4.78, 5) is 41.2. The molecule has 1 aliphatic heterocycles. The number of halogens is 1. The average molecular weight is 668 g/mol. The van der Waals surface area contributed by atoms with Gasteiger partial charge in [-0.1, -0.05) is 66.4 Å². The van der Waals surface area contributed by atoms with E-state index in [-0.39, 0.29) is 51.1 Å². The summed E-state index contributed by atoms with van der Waals surface area (Å²) in [6.07, 6.45) is -0.967. The minimum absolute atomic E-state index is 0.00269. The maximum absolute atomic E-state index is 14.2. The lowest BCUT2D eigenvalue weighted by Gasteiger charge is -2.29. The van der Waals surface area contributed by atoms with Gasteiger partial charge in [-0.2, -0.15) is 0 Å². The van der Waals surface area contributed by atoms with Crippen LogP contribution in [0.25, 0.3) is 11.1 Å². The number of nitrogens with zero attached hydrogens (tertiary/aromatic N) is 1. The number of urea groups is 1. The highest BCUT2D eigenvalue weighted by molar-refractivity contribution is 8.00. The SMILES string of the molecule is CC(C)(CC(=O)N[C@@H]1Sc2cc(F)ccc2CN(Cc2ccc(-c3ccccc3CNC(=O)NCCO)cc2)C1=O)NC[C@H](O)CO. The van der Waals surface area contributed by atoms with Crippen molar-refractivity contribution < 1.29 is 34.1 Å². The molecule has 3 aromatic rings. The van der Waals surface area contributed by atoms with Gasteiger partial charge in [0.2, 0.25) is 5.91 Å². The molecular formula is C34H42FN5O6S. The van der Waals surface area contributed by atoms with Crippen LogP contribution in [0.3, 0.4) is 0 Å². The van der Waals surface area contributed by atoms with E-state index < -0.39 is 35.3 Å². The number of aliphatic hydroxyl groups excluding tert-OH is 3. The molecular weight excluding hydrogens is 625 g/mol. The normalized spacial score (nSPS) is 15.4. The fourth-order valence-corrected chi connectivity index (χ4v) is 6.27. The summed E-state index contributed by atoms with van der Waals surface area (Å²) in [5.74, 6) is -1.15. The first-order chi connectivity index (χ1) is 22.5. The van der Waals surface area contributed by atoms with Crippen LogP contribution in [-0.2, 0) is 29.2 Å². The van der Waals surface area contributed by atoms with Crippen LogP contribution in [0.1, 0.15) is 37.0 Å². The molecule has 13 heteroatoms. The van der Waals surface area contributed by atoms with Crippen molar-refractivity contribution in [3.8, 4) is 11.1 Å². The molecule has 11 nitrogen and oxygen atoms in total. The Balaban J connectivity index is 1.48. The van der Waals surface area contributed by atoms with Crippen molar-refractivity contribution in [2.75, 3.05) is 26.3 Å². The van der Waals surface area contributed by atoms with E-state index >= 15 is 0 Å². The molecule has 0 radical (unpaired) electrons. The van der Waals surface area contributed by atoms with Crippen molar-refractivity contribution >= 4 is 29.6 Å². The van der Waals surface area contributed by atoms with E-state index in [9.17, 15) is 23.9 Å². The molecule has 4 amide bonds. The van der Waals surface area contributed by atoms with Crippen LogP contribution in [0.15, 0.2) is 71.6 Å². The Morgan fingerprint density at radius 3 is 2.53 bits per heavy atom. The maximum atomic E-state index is 14.2. The molecule has 0 saturated heterocycles. The third-order valence-corrected chi connectivity index (χ3v) is 8.77. The lowest BCUT2D eigenvalue weighted by molar-refractivity contribution is -0.135. The minimum atomic E-state index is -0.988. The number of rotatable bonds is 14. The summed E-state index contributed by atoms with van der Waals surface area (Å²) >= 11 is 1.10. The number of carbonyl (C=O) groups is 3. The van der Waals surface area contributed by atoms with Gasteiger partial charge in [-0.3, -0.25) is 9.59 Å². The highest BCUT2D eigenvalue weighted by Gasteiger charge is 2.33. The zero-order valence-corrected chi connectivity index (χ0v) is 27.3. The number of fused-ring (bicyclic) bond motifs is 1. The van der Waals surface area contributed by atoms with Gasteiger partial charge in [0.1, 0.15) is 5.82 Å². The Bertz CT molecular complexity index is 1540. The monoisotopic (exact) mass is 667 g/mol. The average Bonchev–Trinajstić information content (AvgIpc) is 3.17. The van der Waals surface area contributed by atoms with Gasteiger partial charge >= 0.3 is 6.03 Å². The lowest BCUT2D eigenvalue weighted by Crippen LogP contribution is -2.50. The van der Waals surface area contributed by atoms with Crippen molar-refractivity contribution in [2.24, 2.45) is 0 Å². The van der Waals surface area contributed by atoms with E-state index in [4.69, 9.17) is 10.2 Å². The van der Waals surface area contributed by atoms with Gasteiger partial charge in [-0.15, -0.1) is 0 Å². The van der Waals surface area contributed by atoms with Crippen LogP contribution in [-0.4, -0.2) is 81.4 Å². The van der Waals surface area contributed by atoms with Crippen molar-refractivity contribution in [3.63, 3.8) is 0 Å². The Morgan fingerprint density at radius 1 is 1.06 bits per heavy atom. The van der Waals surface area contributed by atoms with Gasteiger partial charge < -0.3 is 41.5 Å². The Kier molecular flexibility index (Phi) is 12.7. The van der Waals surface area contributed by atoms with Gasteiger partial charge in [0.05, 0.1) is 19.3 Å². The molecule has 0 saturated carbocycles. The number of carbonyl (C=O) groups excluding carboxylic acids is 3. The van der Waals surface area contributed by atoms with E-state index in [0.717, 1.165) is 39.6 Å². The van der Waals surface area contributed by atoms with Crippen molar-refractivity contribution in [1.82, 2.24) is 26.2 Å². The van der Waals surface area contributed by atoms with Crippen LogP contribution in [0.2, 0.25) is 0 Å². The summed E-state index contributed by atoms with van der Waals surface area (Å²) in [5, 5.41) is 37.9. The van der Waals surface area contributed by atoms with E-state index in [2.05, 4.69) is 21.3 Å². The first-order valence-electron chi connectivity index (χ1n) is 15.3. The summed E-state index contributed by atoms with van der Waals surface area (Å²) in [6, 6.07) is 19.4. The first kappa shape index (κ1) is 35.8. The zero-order chi connectivity index (χ0) is 34.0. The first-order valence-corrected chi connectivity index (χ1v) is 16.2. The van der Waals surface area contributed by atoms with E-state index in [1.165, 1.54) is 12.1 Å². The molecule has 0 fully saturated rings. The number of amides is 4. The van der Waals surface area contributed by atoms with Crippen molar-refractivity contribution in [2.45, 2.75) is 61.8 Å². The second kappa shape index (κ2) is 16.7. The predicted octanol–water partition coefficient (Wildman–Crippen LogP) is 2.47. The second-order valence-electron chi connectivity index (χ2n) is 12.0. The van der Waals surface area contributed by atoms with Gasteiger partial charge in [0.15, 0.2) is 5.37 Å². The van der Waals surface area contributed by atoms with Gasteiger partial charge in [0.25, 0.3) is 5.91 Å². The number of β-amino-alcohol motifs (C(OH)–C–C–N with tert-alkyl or cyclic N) is 1.